The topological polar surface area (TPSA) is 96.9 Å². The number of hydrogen-bond acceptors (Lipinski definition) is 7. The minimum absolute atomic E-state index is 0.0315. The van der Waals surface area contributed by atoms with Gasteiger partial charge in [0.25, 0.3) is 0 Å². The van der Waals surface area contributed by atoms with Crippen molar-refractivity contribution in [2.45, 2.75) is 18.3 Å². The Morgan fingerprint density at radius 3 is 2.82 bits per heavy atom. The summed E-state index contributed by atoms with van der Waals surface area (Å²) in [4.78, 5) is 18.4. The molecule has 0 fully saturated rings. The van der Waals surface area contributed by atoms with Gasteiger partial charge in [0.2, 0.25) is 5.91 Å². The maximum atomic E-state index is 12.1. The number of thioether (sulfide) groups is 1. The first-order valence-corrected chi connectivity index (χ1v) is 11.7. The van der Waals surface area contributed by atoms with Crippen LogP contribution in [0.3, 0.4) is 0 Å². The molecule has 0 aliphatic heterocycles. The van der Waals surface area contributed by atoms with Crippen LogP contribution in [0.4, 0.5) is 0 Å². The van der Waals surface area contributed by atoms with Crippen LogP contribution in [-0.2, 0) is 17.8 Å². The van der Waals surface area contributed by atoms with Crippen molar-refractivity contribution in [3.05, 3.63) is 76.7 Å². The zero-order chi connectivity index (χ0) is 23.2. The SMILES string of the molecule is CN(C)C(=O)CSC(Cc1nn[nH]n1)c1cccc(OCc2ccc3ccc(Cl)cc3n2)c1. The zero-order valence-electron chi connectivity index (χ0n) is 18.2. The normalized spacial score (nSPS) is 12.0. The molecule has 170 valence electrons. The van der Waals surface area contributed by atoms with Gasteiger partial charge in [-0.25, -0.2) is 4.98 Å². The molecule has 1 atom stereocenters. The first-order valence-electron chi connectivity index (χ1n) is 10.3. The Balaban J connectivity index is 1.48. The lowest BCUT2D eigenvalue weighted by molar-refractivity contribution is -0.125. The van der Waals surface area contributed by atoms with Gasteiger partial charge in [-0.2, -0.15) is 5.21 Å². The Labute approximate surface area is 200 Å². The lowest BCUT2D eigenvalue weighted by Gasteiger charge is -2.18. The summed E-state index contributed by atoms with van der Waals surface area (Å²) in [7, 11) is 3.50. The Morgan fingerprint density at radius 1 is 1.18 bits per heavy atom. The molecular formula is C23H23ClN6O2S. The second kappa shape index (κ2) is 10.6. The van der Waals surface area contributed by atoms with E-state index in [0.29, 0.717) is 29.6 Å². The van der Waals surface area contributed by atoms with Crippen molar-refractivity contribution in [3.8, 4) is 5.75 Å². The van der Waals surface area contributed by atoms with Gasteiger partial charge in [0.05, 0.1) is 17.0 Å². The standard InChI is InChI=1S/C23H23ClN6O2S/c1-30(2)23(31)14-33-21(12-22-26-28-29-27-22)16-4-3-5-19(10-16)32-13-18-9-7-15-6-8-17(24)11-20(15)25-18/h3-11,21H,12-14H2,1-2H3,(H,26,27,28,29). The fraction of sp³-hybridized carbons (Fsp3) is 0.261. The molecule has 0 saturated heterocycles. The Hall–Kier alpha value is -3.17. The molecule has 8 nitrogen and oxygen atoms in total. The van der Waals surface area contributed by atoms with Gasteiger partial charge in [0.15, 0.2) is 5.82 Å². The maximum Gasteiger partial charge on any atom is 0.232 e. The molecule has 0 bridgehead atoms. The van der Waals surface area contributed by atoms with Gasteiger partial charge in [-0.05, 0) is 35.9 Å². The van der Waals surface area contributed by atoms with Crippen molar-refractivity contribution < 1.29 is 9.53 Å². The van der Waals surface area contributed by atoms with Crippen LogP contribution in [0.2, 0.25) is 5.02 Å². The zero-order valence-corrected chi connectivity index (χ0v) is 19.8. The number of benzene rings is 2. The van der Waals surface area contributed by atoms with E-state index in [-0.39, 0.29) is 11.2 Å². The Morgan fingerprint density at radius 2 is 2.03 bits per heavy atom. The number of tetrazole rings is 1. The molecule has 2 aromatic heterocycles. The number of carbonyl (C=O) groups is 1. The van der Waals surface area contributed by atoms with Crippen molar-refractivity contribution in [1.82, 2.24) is 30.5 Å². The molecule has 0 aliphatic rings. The minimum atomic E-state index is -0.0315. The summed E-state index contributed by atoms with van der Waals surface area (Å²) in [5, 5.41) is 15.9. The highest BCUT2D eigenvalue weighted by molar-refractivity contribution is 8.00. The van der Waals surface area contributed by atoms with Crippen LogP contribution >= 0.6 is 23.4 Å². The Kier molecular flexibility index (Phi) is 7.41. The van der Waals surface area contributed by atoms with E-state index >= 15 is 0 Å². The van der Waals surface area contributed by atoms with Crippen LogP contribution in [0.15, 0.2) is 54.6 Å². The second-order valence-corrected chi connectivity index (χ2v) is 9.25. The predicted octanol–water partition coefficient (Wildman–Crippen LogP) is 4.09. The van der Waals surface area contributed by atoms with E-state index < -0.39 is 0 Å². The van der Waals surface area contributed by atoms with E-state index in [1.54, 1.807) is 30.8 Å². The van der Waals surface area contributed by atoms with E-state index in [1.807, 2.05) is 54.6 Å². The monoisotopic (exact) mass is 482 g/mol. The number of ether oxygens (including phenoxy) is 1. The van der Waals surface area contributed by atoms with Gasteiger partial charge in [0.1, 0.15) is 12.4 Å². The molecule has 1 amide bonds. The number of amides is 1. The fourth-order valence-corrected chi connectivity index (χ4v) is 4.56. The predicted molar refractivity (Wildman–Crippen MR) is 129 cm³/mol. The molecule has 0 aliphatic carbocycles. The molecule has 0 radical (unpaired) electrons. The minimum Gasteiger partial charge on any atom is -0.487 e. The molecule has 2 heterocycles. The van der Waals surface area contributed by atoms with Crippen molar-refractivity contribution in [2.75, 3.05) is 19.8 Å². The number of halogens is 1. The Bertz CT molecular complexity index is 1230. The van der Waals surface area contributed by atoms with Crippen LogP contribution in [0.5, 0.6) is 5.75 Å². The van der Waals surface area contributed by atoms with Crippen molar-refractivity contribution in [3.63, 3.8) is 0 Å². The van der Waals surface area contributed by atoms with E-state index in [1.165, 1.54) is 0 Å². The summed E-state index contributed by atoms with van der Waals surface area (Å²) in [6, 6.07) is 17.4. The van der Waals surface area contributed by atoms with Gasteiger partial charge in [0, 0.05) is 36.2 Å². The quantitative estimate of drug-likeness (QED) is 0.383. The number of nitrogens with one attached hydrogen (secondary N) is 1. The van der Waals surface area contributed by atoms with Crippen molar-refractivity contribution in [2.24, 2.45) is 0 Å². The molecular weight excluding hydrogens is 460 g/mol. The number of nitrogens with zero attached hydrogens (tertiary/aromatic N) is 5. The van der Waals surface area contributed by atoms with Crippen LogP contribution in [0.1, 0.15) is 22.3 Å². The number of pyridine rings is 1. The van der Waals surface area contributed by atoms with E-state index in [2.05, 4.69) is 25.6 Å². The summed E-state index contributed by atoms with van der Waals surface area (Å²) in [6.45, 7) is 0.327. The molecule has 4 rings (SSSR count). The third-order valence-electron chi connectivity index (χ3n) is 4.99. The number of hydrogen-bond donors (Lipinski definition) is 1. The van der Waals surface area contributed by atoms with Crippen LogP contribution in [-0.4, -0.2) is 56.3 Å². The molecule has 4 aromatic rings. The lowest BCUT2D eigenvalue weighted by atomic mass is 10.1. The highest BCUT2D eigenvalue weighted by Gasteiger charge is 2.19. The maximum absolute atomic E-state index is 12.1. The third-order valence-corrected chi connectivity index (χ3v) is 6.48. The molecule has 0 saturated carbocycles. The van der Waals surface area contributed by atoms with E-state index in [9.17, 15) is 4.79 Å². The van der Waals surface area contributed by atoms with Gasteiger partial charge < -0.3 is 9.64 Å². The van der Waals surface area contributed by atoms with E-state index in [0.717, 1.165) is 27.9 Å². The first kappa shape index (κ1) is 23.0. The average molecular weight is 483 g/mol. The van der Waals surface area contributed by atoms with Gasteiger partial charge >= 0.3 is 0 Å². The number of aromatic nitrogens is 5. The number of aromatic amines is 1. The summed E-state index contributed by atoms with van der Waals surface area (Å²) < 4.78 is 6.03. The fourth-order valence-electron chi connectivity index (χ4n) is 3.18. The molecule has 33 heavy (non-hydrogen) atoms. The number of fused-ring (bicyclic) bond motifs is 1. The third kappa shape index (κ3) is 6.21. The van der Waals surface area contributed by atoms with Crippen molar-refractivity contribution >= 4 is 40.2 Å². The first-order chi connectivity index (χ1) is 16.0. The molecule has 2 aromatic carbocycles. The van der Waals surface area contributed by atoms with Crippen molar-refractivity contribution in [1.29, 1.82) is 0 Å². The van der Waals surface area contributed by atoms with Crippen LogP contribution in [0, 0.1) is 0 Å². The summed E-state index contributed by atoms with van der Waals surface area (Å²) in [6.07, 6.45) is 0.540. The molecule has 10 heteroatoms. The van der Waals surface area contributed by atoms with Gasteiger partial charge in [-0.3, -0.25) is 4.79 Å². The van der Waals surface area contributed by atoms with Crippen LogP contribution < -0.4 is 4.74 Å². The largest absolute Gasteiger partial charge is 0.487 e. The smallest absolute Gasteiger partial charge is 0.232 e. The lowest BCUT2D eigenvalue weighted by Crippen LogP contribution is -2.24. The molecule has 1 N–H and O–H groups in total. The molecule has 1 unspecified atom stereocenters. The summed E-state index contributed by atoms with van der Waals surface area (Å²) in [5.74, 6) is 1.71. The van der Waals surface area contributed by atoms with Crippen LogP contribution in [0.25, 0.3) is 10.9 Å². The highest BCUT2D eigenvalue weighted by Crippen LogP contribution is 2.33. The number of rotatable bonds is 9. The molecule has 0 spiro atoms. The van der Waals surface area contributed by atoms with E-state index in [4.69, 9.17) is 16.3 Å². The average Bonchev–Trinajstić information content (AvgIpc) is 3.33. The summed E-state index contributed by atoms with van der Waals surface area (Å²) in [5.41, 5.74) is 2.66. The van der Waals surface area contributed by atoms with Gasteiger partial charge in [-0.1, -0.05) is 41.1 Å². The van der Waals surface area contributed by atoms with Gasteiger partial charge in [-0.15, -0.1) is 22.0 Å². The summed E-state index contributed by atoms with van der Waals surface area (Å²) >= 11 is 7.63. The highest BCUT2D eigenvalue weighted by atomic mass is 35.5. The number of H-pyrrole nitrogens is 1. The number of carbonyl (C=O) groups excluding carboxylic acids is 1. The second-order valence-electron chi connectivity index (χ2n) is 7.62.